The maximum Gasteiger partial charge on any atom is 0.0757 e. The molecule has 2 aromatic heterocycles. The zero-order valence-corrected chi connectivity index (χ0v) is 10.1. The SMILES string of the molecule is NC(Cc1ccc(Br)cn1)c1cnccn1. The van der Waals surface area contributed by atoms with E-state index >= 15 is 0 Å². The van der Waals surface area contributed by atoms with E-state index in [4.69, 9.17) is 5.73 Å². The van der Waals surface area contributed by atoms with Crippen molar-refractivity contribution in [2.24, 2.45) is 5.73 Å². The van der Waals surface area contributed by atoms with Gasteiger partial charge in [-0.1, -0.05) is 0 Å². The van der Waals surface area contributed by atoms with E-state index in [1.54, 1.807) is 24.8 Å². The van der Waals surface area contributed by atoms with Crippen molar-refractivity contribution < 1.29 is 0 Å². The molecule has 2 N–H and O–H groups in total. The second-order valence-corrected chi connectivity index (χ2v) is 4.32. The molecule has 4 nitrogen and oxygen atoms in total. The highest BCUT2D eigenvalue weighted by atomic mass is 79.9. The number of hydrogen-bond acceptors (Lipinski definition) is 4. The topological polar surface area (TPSA) is 64.7 Å². The fourth-order valence-corrected chi connectivity index (χ4v) is 1.59. The highest BCUT2D eigenvalue weighted by Gasteiger charge is 2.08. The van der Waals surface area contributed by atoms with Crippen molar-refractivity contribution in [3.8, 4) is 0 Å². The van der Waals surface area contributed by atoms with Gasteiger partial charge in [-0.15, -0.1) is 0 Å². The second kappa shape index (κ2) is 5.14. The standard InChI is InChI=1S/C11H11BrN4/c12-8-1-2-9(16-6-8)5-10(13)11-7-14-3-4-15-11/h1-4,6-7,10H,5,13H2. The Balaban J connectivity index is 2.08. The summed E-state index contributed by atoms with van der Waals surface area (Å²) in [4.78, 5) is 12.4. The number of aromatic nitrogens is 3. The molecule has 1 atom stereocenters. The van der Waals surface area contributed by atoms with Gasteiger partial charge in [0.15, 0.2) is 0 Å². The summed E-state index contributed by atoms with van der Waals surface area (Å²) >= 11 is 3.34. The first-order chi connectivity index (χ1) is 7.75. The first-order valence-electron chi connectivity index (χ1n) is 4.87. The Morgan fingerprint density at radius 3 is 2.69 bits per heavy atom. The lowest BCUT2D eigenvalue weighted by Crippen LogP contribution is -2.15. The summed E-state index contributed by atoms with van der Waals surface area (Å²) in [7, 11) is 0. The molecule has 0 amide bonds. The van der Waals surface area contributed by atoms with Crippen LogP contribution in [0.2, 0.25) is 0 Å². The van der Waals surface area contributed by atoms with Gasteiger partial charge in [-0.05, 0) is 28.1 Å². The molecule has 1 unspecified atom stereocenters. The minimum atomic E-state index is -0.164. The van der Waals surface area contributed by atoms with Crippen molar-refractivity contribution in [3.63, 3.8) is 0 Å². The highest BCUT2D eigenvalue weighted by Crippen LogP contribution is 2.13. The van der Waals surface area contributed by atoms with Crippen LogP contribution in [-0.4, -0.2) is 15.0 Å². The molecule has 16 heavy (non-hydrogen) atoms. The van der Waals surface area contributed by atoms with Gasteiger partial charge in [-0.2, -0.15) is 0 Å². The quantitative estimate of drug-likeness (QED) is 0.931. The average Bonchev–Trinajstić information content (AvgIpc) is 2.33. The molecule has 82 valence electrons. The predicted molar refractivity (Wildman–Crippen MR) is 64.6 cm³/mol. The van der Waals surface area contributed by atoms with Gasteiger partial charge in [0.2, 0.25) is 0 Å². The molecule has 0 saturated carbocycles. The molecule has 2 heterocycles. The molecule has 0 aromatic carbocycles. The van der Waals surface area contributed by atoms with Crippen molar-refractivity contribution in [2.45, 2.75) is 12.5 Å². The zero-order valence-electron chi connectivity index (χ0n) is 8.55. The molecule has 2 aromatic rings. The van der Waals surface area contributed by atoms with Gasteiger partial charge in [-0.25, -0.2) is 0 Å². The molecule has 0 fully saturated rings. The number of halogens is 1. The largest absolute Gasteiger partial charge is 0.322 e. The number of nitrogens with two attached hydrogens (primary N) is 1. The molecule has 2 rings (SSSR count). The van der Waals surface area contributed by atoms with Crippen molar-refractivity contribution >= 4 is 15.9 Å². The second-order valence-electron chi connectivity index (χ2n) is 3.41. The van der Waals surface area contributed by atoms with Crippen molar-refractivity contribution in [3.05, 3.63) is 52.8 Å². The third-order valence-electron chi connectivity index (χ3n) is 2.18. The van der Waals surface area contributed by atoms with Gasteiger partial charge in [-0.3, -0.25) is 15.0 Å². The monoisotopic (exact) mass is 278 g/mol. The Morgan fingerprint density at radius 1 is 1.19 bits per heavy atom. The fourth-order valence-electron chi connectivity index (χ4n) is 1.36. The van der Waals surface area contributed by atoms with E-state index in [2.05, 4.69) is 30.9 Å². The molecule has 5 heteroatoms. The maximum atomic E-state index is 6.01. The van der Waals surface area contributed by atoms with Gasteiger partial charge in [0.25, 0.3) is 0 Å². The highest BCUT2D eigenvalue weighted by molar-refractivity contribution is 9.10. The Morgan fingerprint density at radius 2 is 2.06 bits per heavy atom. The van der Waals surface area contributed by atoms with Crippen LogP contribution < -0.4 is 5.73 Å². The molecule has 0 aliphatic heterocycles. The van der Waals surface area contributed by atoms with Gasteiger partial charge >= 0.3 is 0 Å². The van der Waals surface area contributed by atoms with E-state index in [0.717, 1.165) is 15.9 Å². The number of pyridine rings is 1. The molecular weight excluding hydrogens is 268 g/mol. The zero-order chi connectivity index (χ0) is 11.4. The summed E-state index contributed by atoms with van der Waals surface area (Å²) in [5, 5.41) is 0. The van der Waals surface area contributed by atoms with E-state index in [1.807, 2.05) is 12.1 Å². The molecule has 0 radical (unpaired) electrons. The first-order valence-corrected chi connectivity index (χ1v) is 5.67. The molecule has 0 aliphatic carbocycles. The van der Waals surface area contributed by atoms with Gasteiger partial charge in [0.1, 0.15) is 0 Å². The number of rotatable bonds is 3. The van der Waals surface area contributed by atoms with Crippen molar-refractivity contribution in [1.29, 1.82) is 0 Å². The van der Waals surface area contributed by atoms with E-state index in [-0.39, 0.29) is 6.04 Å². The van der Waals surface area contributed by atoms with E-state index in [0.29, 0.717) is 6.42 Å². The van der Waals surface area contributed by atoms with E-state index in [1.165, 1.54) is 0 Å². The third-order valence-corrected chi connectivity index (χ3v) is 2.65. The summed E-state index contributed by atoms with van der Waals surface area (Å²) in [5.74, 6) is 0. The van der Waals surface area contributed by atoms with Crippen LogP contribution in [0.1, 0.15) is 17.4 Å². The summed E-state index contributed by atoms with van der Waals surface area (Å²) in [6.45, 7) is 0. The van der Waals surface area contributed by atoms with Crippen LogP contribution in [0.4, 0.5) is 0 Å². The summed E-state index contributed by atoms with van der Waals surface area (Å²) < 4.78 is 0.962. The van der Waals surface area contributed by atoms with Crippen LogP contribution in [0.3, 0.4) is 0 Å². The van der Waals surface area contributed by atoms with Crippen LogP contribution in [0.5, 0.6) is 0 Å². The normalized spacial score (nSPS) is 12.4. The van der Waals surface area contributed by atoms with Gasteiger partial charge in [0, 0.05) is 41.4 Å². The maximum absolute atomic E-state index is 6.01. The van der Waals surface area contributed by atoms with Gasteiger partial charge in [0.05, 0.1) is 11.7 Å². The smallest absolute Gasteiger partial charge is 0.0757 e. The molecule has 0 saturated heterocycles. The first kappa shape index (κ1) is 11.2. The summed E-state index contributed by atoms with van der Waals surface area (Å²) in [6, 6.07) is 3.73. The Kier molecular flexibility index (Phi) is 3.58. The Hall–Kier alpha value is -1.33. The molecular formula is C11H11BrN4. The summed E-state index contributed by atoms with van der Waals surface area (Å²) in [6.07, 6.45) is 7.38. The van der Waals surface area contributed by atoms with Crippen LogP contribution in [0.25, 0.3) is 0 Å². The number of nitrogens with zero attached hydrogens (tertiary/aromatic N) is 3. The lowest BCUT2D eigenvalue weighted by atomic mass is 10.1. The van der Waals surface area contributed by atoms with Crippen molar-refractivity contribution in [2.75, 3.05) is 0 Å². The number of hydrogen-bond donors (Lipinski definition) is 1. The van der Waals surface area contributed by atoms with Crippen LogP contribution >= 0.6 is 15.9 Å². The average molecular weight is 279 g/mol. The van der Waals surface area contributed by atoms with Crippen LogP contribution in [0.15, 0.2) is 41.4 Å². The molecule has 0 spiro atoms. The van der Waals surface area contributed by atoms with Gasteiger partial charge < -0.3 is 5.73 Å². The lowest BCUT2D eigenvalue weighted by Gasteiger charge is -2.09. The van der Waals surface area contributed by atoms with Crippen molar-refractivity contribution in [1.82, 2.24) is 15.0 Å². The minimum Gasteiger partial charge on any atom is -0.322 e. The van der Waals surface area contributed by atoms with Crippen LogP contribution in [-0.2, 0) is 6.42 Å². The lowest BCUT2D eigenvalue weighted by molar-refractivity contribution is 0.678. The fraction of sp³-hybridized carbons (Fsp3) is 0.182. The third kappa shape index (κ3) is 2.84. The molecule has 0 bridgehead atoms. The predicted octanol–water partition coefficient (Wildman–Crippen LogP) is 1.88. The molecule has 0 aliphatic rings. The minimum absolute atomic E-state index is 0.164. The Bertz CT molecular complexity index is 443. The summed E-state index contributed by atoms with van der Waals surface area (Å²) in [5.41, 5.74) is 7.74. The van der Waals surface area contributed by atoms with E-state index < -0.39 is 0 Å². The Labute approximate surface area is 102 Å². The van der Waals surface area contributed by atoms with E-state index in [9.17, 15) is 0 Å². The van der Waals surface area contributed by atoms with Crippen LogP contribution in [0, 0.1) is 0 Å².